The molecule has 6 nitrogen and oxygen atoms in total. The largest absolute Gasteiger partial charge is 0.465 e. The number of nitrogens with one attached hydrogen (secondary N) is 2. The Kier molecular flexibility index (Phi) is 4.55. The highest BCUT2D eigenvalue weighted by Gasteiger charge is 2.24. The van der Waals surface area contributed by atoms with Crippen LogP contribution in [-0.4, -0.2) is 34.6 Å². The Morgan fingerprint density at radius 1 is 1.40 bits per heavy atom. The summed E-state index contributed by atoms with van der Waals surface area (Å²) in [7, 11) is 1.81. The number of imidazole rings is 1. The summed E-state index contributed by atoms with van der Waals surface area (Å²) < 4.78 is 5.12. The first-order chi connectivity index (χ1) is 9.69. The number of aromatic amines is 1. The molecule has 0 aliphatic carbocycles. The smallest absolute Gasteiger partial charge is 0.316 e. The molecule has 1 atom stereocenters. The molecule has 1 unspecified atom stereocenters. The lowest BCUT2D eigenvalue weighted by Crippen LogP contribution is -2.17. The Morgan fingerprint density at radius 2 is 2.20 bits per heavy atom. The first-order valence-electron chi connectivity index (χ1n) is 6.90. The number of carbonyl (C=O) groups is 1. The topological polar surface area (TPSA) is 79.9 Å². The van der Waals surface area contributed by atoms with E-state index in [4.69, 9.17) is 4.74 Å². The summed E-state index contributed by atoms with van der Waals surface area (Å²) >= 11 is 0. The van der Waals surface area contributed by atoms with Gasteiger partial charge in [-0.15, -0.1) is 0 Å². The monoisotopic (exact) mass is 276 g/mol. The third kappa shape index (κ3) is 2.89. The number of anilines is 1. The second-order valence-electron chi connectivity index (χ2n) is 4.53. The second kappa shape index (κ2) is 6.36. The van der Waals surface area contributed by atoms with Crippen LogP contribution in [0.25, 0.3) is 11.2 Å². The van der Waals surface area contributed by atoms with Crippen LogP contribution in [0.5, 0.6) is 0 Å². The van der Waals surface area contributed by atoms with Crippen molar-refractivity contribution in [2.45, 2.75) is 32.6 Å². The number of hydrogen-bond acceptors (Lipinski definition) is 5. The van der Waals surface area contributed by atoms with Gasteiger partial charge in [0, 0.05) is 7.05 Å². The van der Waals surface area contributed by atoms with Crippen LogP contribution in [0.4, 0.5) is 5.82 Å². The van der Waals surface area contributed by atoms with Crippen LogP contribution in [0.2, 0.25) is 0 Å². The van der Waals surface area contributed by atoms with Crippen LogP contribution in [0.3, 0.4) is 0 Å². The molecule has 0 aliphatic heterocycles. The van der Waals surface area contributed by atoms with Gasteiger partial charge in [-0.2, -0.15) is 0 Å². The van der Waals surface area contributed by atoms with E-state index in [-0.39, 0.29) is 11.9 Å². The molecule has 0 saturated carbocycles. The van der Waals surface area contributed by atoms with E-state index in [9.17, 15) is 4.79 Å². The van der Waals surface area contributed by atoms with Crippen LogP contribution >= 0.6 is 0 Å². The average molecular weight is 276 g/mol. The number of rotatable bonds is 6. The maximum atomic E-state index is 12.0. The highest BCUT2D eigenvalue weighted by molar-refractivity contribution is 5.79. The molecule has 0 spiro atoms. The van der Waals surface area contributed by atoms with E-state index in [0.29, 0.717) is 24.5 Å². The van der Waals surface area contributed by atoms with E-state index in [1.807, 2.05) is 19.1 Å². The SMILES string of the molecule is CCCC(C(=O)OCC)c1nc2nc(NC)ccc2[nH]1. The number of hydrogen-bond donors (Lipinski definition) is 2. The summed E-state index contributed by atoms with van der Waals surface area (Å²) in [5, 5.41) is 2.97. The van der Waals surface area contributed by atoms with E-state index in [1.54, 1.807) is 14.0 Å². The molecule has 2 aromatic heterocycles. The zero-order valence-corrected chi connectivity index (χ0v) is 12.1. The summed E-state index contributed by atoms with van der Waals surface area (Å²) in [5.74, 6) is 0.786. The summed E-state index contributed by atoms with van der Waals surface area (Å²) in [5.41, 5.74) is 1.43. The maximum Gasteiger partial charge on any atom is 0.316 e. The molecule has 6 heteroatoms. The molecule has 0 fully saturated rings. The van der Waals surface area contributed by atoms with Gasteiger partial charge >= 0.3 is 5.97 Å². The van der Waals surface area contributed by atoms with Crippen molar-refractivity contribution in [2.24, 2.45) is 0 Å². The standard InChI is InChI=1S/C14H20N4O2/c1-4-6-9(14(19)20-5-2)12-16-10-7-8-11(15-3)17-13(10)18-12/h7-9H,4-6H2,1-3H3,(H2,15,16,17,18). The van der Waals surface area contributed by atoms with Gasteiger partial charge in [0.15, 0.2) is 5.65 Å². The van der Waals surface area contributed by atoms with Gasteiger partial charge in [0.25, 0.3) is 0 Å². The van der Waals surface area contributed by atoms with Crippen molar-refractivity contribution in [3.05, 3.63) is 18.0 Å². The van der Waals surface area contributed by atoms with Gasteiger partial charge in [0.1, 0.15) is 17.6 Å². The fourth-order valence-corrected chi connectivity index (χ4v) is 2.11. The quantitative estimate of drug-likeness (QED) is 0.792. The molecule has 0 bridgehead atoms. The molecule has 2 N–H and O–H groups in total. The van der Waals surface area contributed by atoms with E-state index < -0.39 is 0 Å². The third-order valence-corrected chi connectivity index (χ3v) is 3.10. The van der Waals surface area contributed by atoms with Crippen LogP contribution in [0, 0.1) is 0 Å². The second-order valence-corrected chi connectivity index (χ2v) is 4.53. The highest BCUT2D eigenvalue weighted by atomic mass is 16.5. The minimum Gasteiger partial charge on any atom is -0.465 e. The lowest BCUT2D eigenvalue weighted by atomic mass is 10.0. The predicted molar refractivity (Wildman–Crippen MR) is 77.7 cm³/mol. The number of carbonyl (C=O) groups excluding carboxylic acids is 1. The summed E-state index contributed by atoms with van der Waals surface area (Å²) in [4.78, 5) is 24.0. The molecule has 0 amide bonds. The summed E-state index contributed by atoms with van der Waals surface area (Å²) in [6.45, 7) is 4.22. The maximum absolute atomic E-state index is 12.0. The van der Waals surface area contributed by atoms with Gasteiger partial charge in [0.05, 0.1) is 12.1 Å². The van der Waals surface area contributed by atoms with Crippen molar-refractivity contribution in [3.63, 3.8) is 0 Å². The molecule has 0 radical (unpaired) electrons. The summed E-state index contributed by atoms with van der Waals surface area (Å²) in [6, 6.07) is 3.77. The van der Waals surface area contributed by atoms with Crippen molar-refractivity contribution in [3.8, 4) is 0 Å². The minimum atomic E-state index is -0.354. The number of pyridine rings is 1. The van der Waals surface area contributed by atoms with E-state index in [2.05, 4.69) is 20.3 Å². The molecule has 2 aromatic rings. The van der Waals surface area contributed by atoms with Crippen LogP contribution in [-0.2, 0) is 9.53 Å². The number of ether oxygens (including phenoxy) is 1. The van der Waals surface area contributed by atoms with E-state index >= 15 is 0 Å². The Bertz CT molecular complexity index is 594. The Hall–Kier alpha value is -2.11. The molecular formula is C14H20N4O2. The van der Waals surface area contributed by atoms with Crippen molar-refractivity contribution in [1.82, 2.24) is 15.0 Å². The van der Waals surface area contributed by atoms with Crippen LogP contribution in [0.1, 0.15) is 38.4 Å². The molecule has 0 aliphatic rings. The number of nitrogens with zero attached hydrogens (tertiary/aromatic N) is 2. The Labute approximate surface area is 118 Å². The van der Waals surface area contributed by atoms with Gasteiger partial charge in [-0.1, -0.05) is 13.3 Å². The number of fused-ring (bicyclic) bond motifs is 1. The normalized spacial score (nSPS) is 12.3. The molecule has 108 valence electrons. The molecule has 2 heterocycles. The molecule has 2 rings (SSSR count). The van der Waals surface area contributed by atoms with Crippen molar-refractivity contribution in [1.29, 1.82) is 0 Å². The fraction of sp³-hybridized carbons (Fsp3) is 0.500. The van der Waals surface area contributed by atoms with Gasteiger partial charge in [-0.3, -0.25) is 4.79 Å². The first kappa shape index (κ1) is 14.3. The summed E-state index contributed by atoms with van der Waals surface area (Å²) in [6.07, 6.45) is 1.59. The van der Waals surface area contributed by atoms with Gasteiger partial charge < -0.3 is 15.0 Å². The molecule has 0 aromatic carbocycles. The number of esters is 1. The number of H-pyrrole nitrogens is 1. The van der Waals surface area contributed by atoms with Gasteiger partial charge in [0.2, 0.25) is 0 Å². The number of aromatic nitrogens is 3. The van der Waals surface area contributed by atoms with Crippen molar-refractivity contribution < 1.29 is 9.53 Å². The van der Waals surface area contributed by atoms with Gasteiger partial charge in [-0.05, 0) is 25.5 Å². The lowest BCUT2D eigenvalue weighted by Gasteiger charge is -2.11. The fourth-order valence-electron chi connectivity index (χ4n) is 2.11. The molecular weight excluding hydrogens is 256 g/mol. The first-order valence-corrected chi connectivity index (χ1v) is 6.90. The molecule has 0 saturated heterocycles. The van der Waals surface area contributed by atoms with Gasteiger partial charge in [-0.25, -0.2) is 9.97 Å². The zero-order valence-electron chi connectivity index (χ0n) is 12.1. The highest BCUT2D eigenvalue weighted by Crippen LogP contribution is 2.23. The lowest BCUT2D eigenvalue weighted by molar-refractivity contribution is -0.145. The predicted octanol–water partition coefficient (Wildman–Crippen LogP) is 2.45. The van der Waals surface area contributed by atoms with Crippen LogP contribution < -0.4 is 5.32 Å². The zero-order chi connectivity index (χ0) is 14.5. The minimum absolute atomic E-state index is 0.234. The van der Waals surface area contributed by atoms with Crippen LogP contribution in [0.15, 0.2) is 12.1 Å². The third-order valence-electron chi connectivity index (χ3n) is 3.10. The average Bonchev–Trinajstić information content (AvgIpc) is 2.87. The van der Waals surface area contributed by atoms with Crippen molar-refractivity contribution >= 4 is 23.0 Å². The Balaban J connectivity index is 2.35. The Morgan fingerprint density at radius 3 is 2.85 bits per heavy atom. The van der Waals surface area contributed by atoms with E-state index in [0.717, 1.165) is 17.8 Å². The van der Waals surface area contributed by atoms with Crippen molar-refractivity contribution in [2.75, 3.05) is 19.0 Å². The molecule has 20 heavy (non-hydrogen) atoms. The van der Waals surface area contributed by atoms with E-state index in [1.165, 1.54) is 0 Å².